The molecule has 0 saturated carbocycles. The highest BCUT2D eigenvalue weighted by molar-refractivity contribution is 5.81. The Morgan fingerprint density at radius 3 is 2.69 bits per heavy atom. The van der Waals surface area contributed by atoms with Crippen molar-refractivity contribution in [1.29, 1.82) is 0 Å². The summed E-state index contributed by atoms with van der Waals surface area (Å²) in [6.45, 7) is 1.32. The van der Waals surface area contributed by atoms with E-state index in [1.165, 1.54) is 6.92 Å². The molecule has 1 aliphatic rings. The van der Waals surface area contributed by atoms with E-state index in [4.69, 9.17) is 9.84 Å². The first-order valence-corrected chi connectivity index (χ1v) is 9.20. The Labute approximate surface area is 168 Å². The van der Waals surface area contributed by atoms with E-state index in [0.29, 0.717) is 5.75 Å². The molecule has 29 heavy (non-hydrogen) atoms. The maximum atomic E-state index is 12.6. The SMILES string of the molecule is CC(=O)N1C=Cc2ccccc2[C@@H]1CC(=O)NCc1cccc(OCC(=O)O)c1. The predicted molar refractivity (Wildman–Crippen MR) is 107 cm³/mol. The Balaban J connectivity index is 1.64. The van der Waals surface area contributed by atoms with E-state index < -0.39 is 12.6 Å². The summed E-state index contributed by atoms with van der Waals surface area (Å²) in [5.41, 5.74) is 2.71. The van der Waals surface area contributed by atoms with Gasteiger partial charge in [0.15, 0.2) is 6.61 Å². The summed E-state index contributed by atoms with van der Waals surface area (Å²) < 4.78 is 5.15. The summed E-state index contributed by atoms with van der Waals surface area (Å²) in [6, 6.07) is 14.2. The minimum absolute atomic E-state index is 0.128. The lowest BCUT2D eigenvalue weighted by atomic mass is 9.93. The van der Waals surface area contributed by atoms with Gasteiger partial charge in [0.1, 0.15) is 5.75 Å². The van der Waals surface area contributed by atoms with Crippen molar-refractivity contribution >= 4 is 23.9 Å². The second kappa shape index (κ2) is 9.05. The monoisotopic (exact) mass is 394 g/mol. The van der Waals surface area contributed by atoms with Gasteiger partial charge in [-0.25, -0.2) is 4.79 Å². The van der Waals surface area contributed by atoms with Crippen molar-refractivity contribution < 1.29 is 24.2 Å². The lowest BCUT2D eigenvalue weighted by molar-refractivity contribution is -0.139. The molecule has 7 nitrogen and oxygen atoms in total. The van der Waals surface area contributed by atoms with Crippen LogP contribution in [0.25, 0.3) is 6.08 Å². The van der Waals surface area contributed by atoms with Gasteiger partial charge in [-0.15, -0.1) is 0 Å². The van der Waals surface area contributed by atoms with Crippen molar-refractivity contribution in [2.24, 2.45) is 0 Å². The molecule has 2 N–H and O–H groups in total. The van der Waals surface area contributed by atoms with E-state index in [9.17, 15) is 14.4 Å². The number of hydrogen-bond acceptors (Lipinski definition) is 4. The zero-order valence-corrected chi connectivity index (χ0v) is 16.0. The standard InChI is InChI=1S/C22H22N2O5/c1-15(25)24-10-9-17-6-2-3-8-19(17)20(24)12-21(26)23-13-16-5-4-7-18(11-16)29-14-22(27)28/h2-11,20H,12-14H2,1H3,(H,23,26)(H,27,28)/t20-/m0/s1. The summed E-state index contributed by atoms with van der Waals surface area (Å²) in [4.78, 5) is 36.8. The van der Waals surface area contributed by atoms with Crippen LogP contribution in [0.4, 0.5) is 0 Å². The molecule has 1 aliphatic heterocycles. The highest BCUT2D eigenvalue weighted by Gasteiger charge is 2.28. The average molecular weight is 394 g/mol. The normalized spacial score (nSPS) is 14.8. The average Bonchev–Trinajstić information content (AvgIpc) is 2.71. The Hall–Kier alpha value is -3.61. The maximum absolute atomic E-state index is 12.6. The number of aliphatic carboxylic acids is 1. The molecule has 2 aromatic rings. The third kappa shape index (κ3) is 5.22. The quantitative estimate of drug-likeness (QED) is 0.753. The first-order chi connectivity index (χ1) is 13.9. The number of benzene rings is 2. The van der Waals surface area contributed by atoms with Gasteiger partial charge in [0, 0.05) is 19.7 Å². The summed E-state index contributed by atoms with van der Waals surface area (Å²) in [7, 11) is 0. The van der Waals surface area contributed by atoms with Crippen molar-refractivity contribution in [3.05, 3.63) is 71.4 Å². The first kappa shape index (κ1) is 20.1. The minimum Gasteiger partial charge on any atom is -0.482 e. The summed E-state index contributed by atoms with van der Waals surface area (Å²) >= 11 is 0. The molecule has 0 saturated heterocycles. The van der Waals surface area contributed by atoms with E-state index in [1.807, 2.05) is 36.4 Å². The number of amides is 2. The molecular weight excluding hydrogens is 372 g/mol. The van der Waals surface area contributed by atoms with Gasteiger partial charge in [-0.05, 0) is 34.9 Å². The Morgan fingerprint density at radius 2 is 1.93 bits per heavy atom. The van der Waals surface area contributed by atoms with Crippen LogP contribution in [0.15, 0.2) is 54.7 Å². The number of nitrogens with one attached hydrogen (secondary N) is 1. The van der Waals surface area contributed by atoms with Gasteiger partial charge < -0.3 is 20.1 Å². The zero-order valence-electron chi connectivity index (χ0n) is 16.0. The van der Waals surface area contributed by atoms with Crippen molar-refractivity contribution in [3.63, 3.8) is 0 Å². The van der Waals surface area contributed by atoms with E-state index >= 15 is 0 Å². The molecule has 0 bridgehead atoms. The number of nitrogens with zero attached hydrogens (tertiary/aromatic N) is 1. The van der Waals surface area contributed by atoms with E-state index in [1.54, 1.807) is 29.3 Å². The van der Waals surface area contributed by atoms with E-state index in [0.717, 1.165) is 16.7 Å². The number of carbonyl (C=O) groups excluding carboxylic acids is 2. The van der Waals surface area contributed by atoms with Gasteiger partial charge in [-0.1, -0.05) is 36.4 Å². The van der Waals surface area contributed by atoms with Crippen molar-refractivity contribution in [2.75, 3.05) is 6.61 Å². The number of carboxylic acid groups (broad SMARTS) is 1. The van der Waals surface area contributed by atoms with Crippen LogP contribution in [0.1, 0.15) is 36.1 Å². The van der Waals surface area contributed by atoms with Crippen molar-refractivity contribution in [3.8, 4) is 5.75 Å². The fraction of sp³-hybridized carbons (Fsp3) is 0.227. The van der Waals surface area contributed by atoms with Crippen molar-refractivity contribution in [2.45, 2.75) is 25.9 Å². The fourth-order valence-electron chi connectivity index (χ4n) is 3.25. The molecule has 0 aromatic heterocycles. The molecule has 1 heterocycles. The molecule has 1 atom stereocenters. The Kier molecular flexibility index (Phi) is 6.29. The minimum atomic E-state index is -1.06. The first-order valence-electron chi connectivity index (χ1n) is 9.20. The molecule has 2 amide bonds. The second-order valence-corrected chi connectivity index (χ2v) is 6.70. The molecule has 2 aromatic carbocycles. The van der Waals surface area contributed by atoms with Crippen LogP contribution in [0, 0.1) is 0 Å². The maximum Gasteiger partial charge on any atom is 0.341 e. The van der Waals surface area contributed by atoms with Crippen molar-refractivity contribution in [1.82, 2.24) is 10.2 Å². The van der Waals surface area contributed by atoms with E-state index in [-0.39, 0.29) is 30.8 Å². The van der Waals surface area contributed by atoms with Gasteiger partial charge in [-0.3, -0.25) is 9.59 Å². The third-order valence-electron chi connectivity index (χ3n) is 4.60. The Morgan fingerprint density at radius 1 is 1.14 bits per heavy atom. The van der Waals surface area contributed by atoms with Crippen LogP contribution >= 0.6 is 0 Å². The summed E-state index contributed by atoms with van der Waals surface area (Å²) in [5, 5.41) is 11.5. The number of fused-ring (bicyclic) bond motifs is 1. The van der Waals surface area contributed by atoms with Gasteiger partial charge in [-0.2, -0.15) is 0 Å². The Bertz CT molecular complexity index is 954. The van der Waals surface area contributed by atoms with Gasteiger partial charge in [0.05, 0.1) is 12.5 Å². The van der Waals surface area contributed by atoms with Crippen LogP contribution in [-0.4, -0.2) is 34.4 Å². The third-order valence-corrected chi connectivity index (χ3v) is 4.60. The summed E-state index contributed by atoms with van der Waals surface area (Å²) in [5.74, 6) is -0.950. The van der Waals surface area contributed by atoms with Crippen LogP contribution in [0.2, 0.25) is 0 Å². The molecule has 3 rings (SSSR count). The molecule has 0 fully saturated rings. The highest BCUT2D eigenvalue weighted by atomic mass is 16.5. The molecule has 0 unspecified atom stereocenters. The van der Waals surface area contributed by atoms with Crippen LogP contribution in [-0.2, 0) is 20.9 Å². The molecule has 0 radical (unpaired) electrons. The largest absolute Gasteiger partial charge is 0.482 e. The van der Waals surface area contributed by atoms with Crippen LogP contribution < -0.4 is 10.1 Å². The van der Waals surface area contributed by atoms with Gasteiger partial charge >= 0.3 is 5.97 Å². The molecule has 150 valence electrons. The van der Waals surface area contributed by atoms with Crippen LogP contribution in [0.3, 0.4) is 0 Å². The number of rotatable bonds is 7. The predicted octanol–water partition coefficient (Wildman–Crippen LogP) is 2.73. The fourth-order valence-corrected chi connectivity index (χ4v) is 3.25. The molecule has 7 heteroatoms. The number of carbonyl (C=O) groups is 3. The number of carboxylic acids is 1. The lowest BCUT2D eigenvalue weighted by Crippen LogP contribution is -2.35. The molecule has 0 aliphatic carbocycles. The highest BCUT2D eigenvalue weighted by Crippen LogP contribution is 2.32. The topological polar surface area (TPSA) is 95.9 Å². The van der Waals surface area contributed by atoms with Crippen LogP contribution in [0.5, 0.6) is 5.75 Å². The number of hydrogen-bond donors (Lipinski definition) is 2. The number of ether oxygens (including phenoxy) is 1. The van der Waals surface area contributed by atoms with Gasteiger partial charge in [0.25, 0.3) is 0 Å². The summed E-state index contributed by atoms with van der Waals surface area (Å²) in [6.07, 6.45) is 3.72. The second-order valence-electron chi connectivity index (χ2n) is 6.70. The zero-order chi connectivity index (χ0) is 20.8. The molecular formula is C22H22N2O5. The lowest BCUT2D eigenvalue weighted by Gasteiger charge is -2.32. The van der Waals surface area contributed by atoms with E-state index in [2.05, 4.69) is 5.32 Å². The smallest absolute Gasteiger partial charge is 0.341 e. The van der Waals surface area contributed by atoms with Gasteiger partial charge in [0.2, 0.25) is 11.8 Å². The molecule has 0 spiro atoms.